The van der Waals surface area contributed by atoms with Crippen LogP contribution in [-0.2, 0) is 26.0 Å². The summed E-state index contributed by atoms with van der Waals surface area (Å²) in [5.41, 5.74) is 2.20. The Labute approximate surface area is 248 Å². The third kappa shape index (κ3) is 4.24. The molecule has 0 saturated carbocycles. The minimum Gasteiger partial charge on any atom is -0.477 e. The summed E-state index contributed by atoms with van der Waals surface area (Å²) in [6, 6.07) is 9.08. The molecule has 0 spiro atoms. The van der Waals surface area contributed by atoms with Gasteiger partial charge in [-0.1, -0.05) is 38.1 Å². The van der Waals surface area contributed by atoms with E-state index >= 15 is 0 Å². The Morgan fingerprint density at radius 3 is 2.43 bits per heavy atom. The average molecular weight is 598 g/mol. The molecule has 0 aliphatic carbocycles. The molecular formula is C32H43N3O6S+2. The van der Waals surface area contributed by atoms with Crippen LogP contribution in [0.25, 0.3) is 10.8 Å². The molecule has 2 N–H and O–H groups in total. The first-order valence-electron chi connectivity index (χ1n) is 15.2. The van der Waals surface area contributed by atoms with E-state index in [0.29, 0.717) is 16.0 Å². The van der Waals surface area contributed by atoms with Crippen molar-refractivity contribution in [2.75, 3.05) is 46.8 Å². The summed E-state index contributed by atoms with van der Waals surface area (Å²) in [5.74, 6) is -2.71. The van der Waals surface area contributed by atoms with Gasteiger partial charge in [-0.05, 0) is 42.4 Å². The van der Waals surface area contributed by atoms with E-state index in [9.17, 15) is 28.2 Å². The highest BCUT2D eigenvalue weighted by Crippen LogP contribution is 2.53. The van der Waals surface area contributed by atoms with Crippen molar-refractivity contribution in [2.24, 2.45) is 11.8 Å². The number of quaternary nitrogens is 2. The molecule has 0 bridgehead atoms. The first-order valence-corrected chi connectivity index (χ1v) is 16.7. The smallest absolute Gasteiger partial charge is 0.352 e. The Balaban J connectivity index is 1.39. The Bertz CT molecular complexity index is 1620. The Morgan fingerprint density at radius 2 is 1.81 bits per heavy atom. The van der Waals surface area contributed by atoms with Gasteiger partial charge in [-0.15, -0.1) is 0 Å². The fourth-order valence-electron chi connectivity index (χ4n) is 8.25. The van der Waals surface area contributed by atoms with Gasteiger partial charge in [0.25, 0.3) is 0 Å². The Kier molecular flexibility index (Phi) is 6.88. The molecule has 2 unspecified atom stereocenters. The zero-order chi connectivity index (χ0) is 30.4. The van der Waals surface area contributed by atoms with Crippen molar-refractivity contribution in [3.8, 4) is 0 Å². The number of fused-ring (bicyclic) bond motifs is 1. The van der Waals surface area contributed by atoms with Gasteiger partial charge < -0.3 is 24.1 Å². The molecule has 1 amide bonds. The lowest BCUT2D eigenvalue weighted by molar-refractivity contribution is -1.02. The number of benzene rings is 2. The van der Waals surface area contributed by atoms with Crippen LogP contribution in [0.3, 0.4) is 0 Å². The number of aliphatic hydroxyl groups excluding tert-OH is 1. The molecule has 10 heteroatoms. The number of likely N-dealkylation sites (N-methyl/N-ethyl adjacent to an activating group) is 1. The largest absolute Gasteiger partial charge is 0.477 e. The number of amides is 1. The average Bonchev–Trinajstić information content (AvgIpc) is 3.29. The fraction of sp³-hybridized carbons (Fsp3) is 0.562. The molecule has 42 heavy (non-hydrogen) atoms. The quantitative estimate of drug-likeness (QED) is 0.358. The van der Waals surface area contributed by atoms with Crippen molar-refractivity contribution in [3.05, 3.63) is 52.7 Å². The van der Waals surface area contributed by atoms with Gasteiger partial charge in [-0.3, -0.25) is 4.79 Å². The molecule has 226 valence electrons. The minimum atomic E-state index is -3.79. The highest BCUT2D eigenvalue weighted by Gasteiger charge is 2.60. The fourth-order valence-corrected chi connectivity index (χ4v) is 10.3. The zero-order valence-electron chi connectivity index (χ0n) is 25.2. The molecule has 2 saturated heterocycles. The van der Waals surface area contributed by atoms with E-state index in [1.807, 2.05) is 25.1 Å². The summed E-state index contributed by atoms with van der Waals surface area (Å²) in [5, 5.41) is 21.1. The molecule has 4 aliphatic heterocycles. The number of β-lactam (4-membered cyclic amide) rings is 1. The van der Waals surface area contributed by atoms with Crippen molar-refractivity contribution >= 4 is 32.5 Å². The number of carbonyl (C=O) groups excluding carboxylic acids is 1. The topological polar surface area (TPSA) is 112 Å². The highest BCUT2D eigenvalue weighted by atomic mass is 32.2. The number of carboxylic acid groups (broad SMARTS) is 1. The van der Waals surface area contributed by atoms with Crippen LogP contribution in [0.4, 0.5) is 0 Å². The van der Waals surface area contributed by atoms with Crippen LogP contribution in [0, 0.1) is 11.8 Å². The van der Waals surface area contributed by atoms with Gasteiger partial charge in [0.05, 0.1) is 48.8 Å². The van der Waals surface area contributed by atoms with Crippen LogP contribution in [0.5, 0.6) is 0 Å². The van der Waals surface area contributed by atoms with E-state index in [2.05, 4.69) is 27.1 Å². The molecule has 4 heterocycles. The number of aliphatic hydroxyl groups is 1. The van der Waals surface area contributed by atoms with Crippen molar-refractivity contribution in [1.82, 2.24) is 4.90 Å². The highest BCUT2D eigenvalue weighted by molar-refractivity contribution is 7.92. The predicted molar refractivity (Wildman–Crippen MR) is 159 cm³/mol. The van der Waals surface area contributed by atoms with Gasteiger partial charge in [0.1, 0.15) is 38.4 Å². The van der Waals surface area contributed by atoms with Crippen LogP contribution >= 0.6 is 0 Å². The van der Waals surface area contributed by atoms with E-state index in [4.69, 9.17) is 0 Å². The van der Waals surface area contributed by atoms with Gasteiger partial charge in [0.2, 0.25) is 5.91 Å². The van der Waals surface area contributed by atoms with Gasteiger partial charge in [0.15, 0.2) is 9.84 Å². The number of rotatable bonds is 8. The second-order valence-corrected chi connectivity index (χ2v) is 15.8. The predicted octanol–water partition coefficient (Wildman–Crippen LogP) is 3.07. The molecule has 2 aromatic rings. The zero-order valence-corrected chi connectivity index (χ0v) is 26.0. The number of carbonyl (C=O) groups is 2. The third-order valence-corrected chi connectivity index (χ3v) is 12.8. The number of sulfone groups is 1. The van der Waals surface area contributed by atoms with E-state index in [-0.39, 0.29) is 18.0 Å². The van der Waals surface area contributed by atoms with Crippen LogP contribution < -0.4 is 0 Å². The molecule has 0 radical (unpaired) electrons. The van der Waals surface area contributed by atoms with E-state index < -0.39 is 45.0 Å². The third-order valence-electron chi connectivity index (χ3n) is 10.6. The Morgan fingerprint density at radius 1 is 1.12 bits per heavy atom. The maximum absolute atomic E-state index is 14.1. The van der Waals surface area contributed by atoms with Gasteiger partial charge in [-0.25, -0.2) is 13.2 Å². The summed E-state index contributed by atoms with van der Waals surface area (Å²) in [4.78, 5) is 26.8. The van der Waals surface area contributed by atoms with Crippen molar-refractivity contribution in [1.29, 1.82) is 0 Å². The van der Waals surface area contributed by atoms with Crippen molar-refractivity contribution < 1.29 is 37.2 Å². The van der Waals surface area contributed by atoms with Crippen molar-refractivity contribution in [2.45, 2.75) is 62.4 Å². The lowest BCUT2D eigenvalue weighted by atomic mass is 9.77. The number of carboxylic acids is 1. The molecule has 0 aromatic heterocycles. The molecule has 5 atom stereocenters. The first-order chi connectivity index (χ1) is 19.7. The molecule has 2 fully saturated rings. The van der Waals surface area contributed by atoms with E-state index in [1.54, 1.807) is 6.07 Å². The van der Waals surface area contributed by atoms with Crippen LogP contribution in [0.15, 0.2) is 46.5 Å². The number of aliphatic carboxylic acids is 1. The molecule has 9 nitrogen and oxygen atoms in total. The van der Waals surface area contributed by atoms with Crippen LogP contribution in [0.1, 0.15) is 50.0 Å². The molecule has 2 aromatic carbocycles. The molecular weight excluding hydrogens is 554 g/mol. The van der Waals surface area contributed by atoms with E-state index in [1.165, 1.54) is 11.8 Å². The second kappa shape index (κ2) is 9.87. The Hall–Kier alpha value is -2.79. The monoisotopic (exact) mass is 597 g/mol. The minimum absolute atomic E-state index is 0.00387. The SMILES string of the molecule is CCC[N+]1(Cc2ccc3c4c(cccc24)S(=O)(=O)C3CC2=C(C(=O)O)N3C(=O)[C@H](C(C)O)[C@H]3[C@H]2C)CC[N+](C)(C)CC1. The second-order valence-electron chi connectivity index (χ2n) is 13.7. The van der Waals surface area contributed by atoms with Crippen LogP contribution in [-0.4, -0.2) is 103 Å². The maximum Gasteiger partial charge on any atom is 0.352 e. The molecule has 4 aliphatic rings. The first kappa shape index (κ1) is 29.3. The van der Waals surface area contributed by atoms with Gasteiger partial charge in [0, 0.05) is 16.9 Å². The summed E-state index contributed by atoms with van der Waals surface area (Å²) in [7, 11) is 0.767. The summed E-state index contributed by atoms with van der Waals surface area (Å²) in [6.07, 6.45) is 0.177. The summed E-state index contributed by atoms with van der Waals surface area (Å²) >= 11 is 0. The number of hydrogen-bond acceptors (Lipinski definition) is 5. The molecule has 6 rings (SSSR count). The van der Waals surface area contributed by atoms with Gasteiger partial charge in [-0.2, -0.15) is 0 Å². The number of nitrogens with zero attached hydrogens (tertiary/aromatic N) is 3. The van der Waals surface area contributed by atoms with Crippen LogP contribution in [0.2, 0.25) is 0 Å². The maximum atomic E-state index is 14.1. The van der Waals surface area contributed by atoms with Crippen molar-refractivity contribution in [3.63, 3.8) is 0 Å². The lowest BCUT2D eigenvalue weighted by Crippen LogP contribution is -2.63. The van der Waals surface area contributed by atoms with Gasteiger partial charge >= 0.3 is 5.97 Å². The summed E-state index contributed by atoms with van der Waals surface area (Å²) in [6.45, 7) is 11.9. The summed E-state index contributed by atoms with van der Waals surface area (Å²) < 4.78 is 30.2. The van der Waals surface area contributed by atoms with E-state index in [0.717, 1.165) is 71.0 Å². The standard InChI is InChI=1S/C32H42N3O6S/c1-6-12-35(15-13-34(4,5)14-16-35)18-21-10-11-23-26(42(40,41)25-9-7-8-22(21)28(23)25)17-24-19(2)29-27(20(3)36)31(37)33(29)30(24)32(38)39/h7-11,19-20,26-27,29,36H,6,12-18H2,1-5H3/q+1/p+1/t19-,20?,26?,27+,29+/m0/s1. The number of hydrogen-bond donors (Lipinski definition) is 2. The lowest BCUT2D eigenvalue weighted by Gasteiger charge is -2.47. The number of piperazine rings is 1. The normalized spacial score (nSPS) is 29.5.